The molecule has 9 heteroatoms. The van der Waals surface area contributed by atoms with Crippen LogP contribution in [0.3, 0.4) is 0 Å². The Kier molecular flexibility index (Phi) is 6.53. The van der Waals surface area contributed by atoms with Gasteiger partial charge in [-0.2, -0.15) is 5.10 Å². The second kappa shape index (κ2) is 9.78. The Hall–Kier alpha value is -3.65. The van der Waals surface area contributed by atoms with Crippen molar-refractivity contribution >= 4 is 33.9 Å². The summed E-state index contributed by atoms with van der Waals surface area (Å²) in [6, 6.07) is 13.1. The highest BCUT2D eigenvalue weighted by Gasteiger charge is 2.27. The molecular formula is C27H30ClN5O3. The molecular weight excluding hydrogens is 478 g/mol. The van der Waals surface area contributed by atoms with E-state index in [1.54, 1.807) is 19.2 Å². The van der Waals surface area contributed by atoms with Crippen molar-refractivity contribution in [1.29, 1.82) is 0 Å². The summed E-state index contributed by atoms with van der Waals surface area (Å²) < 4.78 is 13.4. The van der Waals surface area contributed by atoms with Crippen LogP contribution >= 0.6 is 11.6 Å². The number of anilines is 2. The number of piperazine rings is 1. The highest BCUT2D eigenvalue weighted by molar-refractivity contribution is 6.36. The molecule has 0 radical (unpaired) electrons. The molecule has 1 fully saturated rings. The number of methoxy groups -OCH3 is 1. The molecule has 0 saturated carbocycles. The van der Waals surface area contributed by atoms with E-state index >= 15 is 0 Å². The summed E-state index contributed by atoms with van der Waals surface area (Å²) in [5, 5.41) is 21.4. The van der Waals surface area contributed by atoms with E-state index in [0.29, 0.717) is 17.5 Å². The minimum atomic E-state index is 0.275. The van der Waals surface area contributed by atoms with Gasteiger partial charge < -0.3 is 24.4 Å². The molecule has 3 heterocycles. The molecule has 5 rings (SSSR count). The first kappa shape index (κ1) is 24.1. The Labute approximate surface area is 215 Å². The van der Waals surface area contributed by atoms with Crippen LogP contribution in [-0.4, -0.2) is 59.8 Å². The molecule has 1 aliphatic heterocycles. The molecule has 4 aromatic rings. The Balaban J connectivity index is 1.54. The predicted molar refractivity (Wildman–Crippen MR) is 144 cm³/mol. The van der Waals surface area contributed by atoms with Crippen LogP contribution in [0.4, 0.5) is 11.5 Å². The van der Waals surface area contributed by atoms with E-state index in [-0.39, 0.29) is 5.75 Å². The molecule has 1 saturated heterocycles. The topological polar surface area (TPSA) is 75.9 Å². The molecule has 0 unspecified atom stereocenters. The molecule has 0 amide bonds. The quantitative estimate of drug-likeness (QED) is 0.387. The van der Waals surface area contributed by atoms with Gasteiger partial charge in [0.05, 0.1) is 30.5 Å². The van der Waals surface area contributed by atoms with Crippen molar-refractivity contribution in [2.24, 2.45) is 0 Å². The number of fused-ring (bicyclic) bond motifs is 1. The van der Waals surface area contributed by atoms with Gasteiger partial charge in [-0.05, 0) is 45.0 Å². The minimum absolute atomic E-state index is 0.275. The van der Waals surface area contributed by atoms with E-state index in [1.807, 2.05) is 48.7 Å². The lowest BCUT2D eigenvalue weighted by Gasteiger charge is -2.36. The Bertz CT molecular complexity index is 1410. The van der Waals surface area contributed by atoms with Gasteiger partial charge in [0.15, 0.2) is 5.82 Å². The van der Waals surface area contributed by atoms with Crippen LogP contribution in [0, 0.1) is 13.8 Å². The fourth-order valence-electron chi connectivity index (χ4n) is 4.95. The second-order valence-corrected chi connectivity index (χ2v) is 9.19. The number of ether oxygens (including phenoxy) is 2. The number of halogens is 1. The maximum Gasteiger partial charge on any atom is 0.161 e. The standard InChI is InChI=1S/C27H30ClN5O3/c1-5-36-21-9-10-22(23(16-21)35-4)33-18(3)25-24(26(33)28)17(2)29-30-27(25)32-13-11-31(12-14-32)19-7-6-8-20(34)15-19/h6-10,15-16,34H,5,11-14H2,1-4H3. The van der Waals surface area contributed by atoms with Crippen LogP contribution in [0.5, 0.6) is 17.2 Å². The van der Waals surface area contributed by atoms with Crippen LogP contribution in [-0.2, 0) is 0 Å². The number of phenols is 1. The van der Waals surface area contributed by atoms with Crippen molar-refractivity contribution < 1.29 is 14.6 Å². The molecule has 2 aromatic heterocycles. The molecule has 1 N–H and O–H groups in total. The zero-order valence-electron chi connectivity index (χ0n) is 21.0. The number of benzene rings is 2. The lowest BCUT2D eigenvalue weighted by molar-refractivity contribution is 0.336. The summed E-state index contributed by atoms with van der Waals surface area (Å²) >= 11 is 7.02. The predicted octanol–water partition coefficient (Wildman–Crippen LogP) is 5.13. The number of phenolic OH excluding ortho intramolecular Hbond substituents is 1. The molecule has 1 aliphatic rings. The molecule has 36 heavy (non-hydrogen) atoms. The summed E-state index contributed by atoms with van der Waals surface area (Å²) in [5.74, 6) is 2.52. The van der Waals surface area contributed by atoms with Crippen molar-refractivity contribution in [3.8, 4) is 22.9 Å². The maximum absolute atomic E-state index is 9.86. The number of rotatable bonds is 6. The average molecular weight is 508 g/mol. The van der Waals surface area contributed by atoms with Crippen LogP contribution in [0.1, 0.15) is 18.3 Å². The van der Waals surface area contributed by atoms with Gasteiger partial charge in [0.2, 0.25) is 0 Å². The third kappa shape index (κ3) is 4.15. The van der Waals surface area contributed by atoms with Crippen molar-refractivity contribution in [3.05, 3.63) is 59.0 Å². The van der Waals surface area contributed by atoms with Gasteiger partial charge in [-0.3, -0.25) is 4.57 Å². The van der Waals surface area contributed by atoms with Gasteiger partial charge in [-0.15, -0.1) is 5.10 Å². The highest BCUT2D eigenvalue weighted by Crippen LogP contribution is 2.41. The number of aromatic nitrogens is 3. The van der Waals surface area contributed by atoms with Gasteiger partial charge in [0.25, 0.3) is 0 Å². The van der Waals surface area contributed by atoms with Crippen LogP contribution in [0.2, 0.25) is 5.15 Å². The van der Waals surface area contributed by atoms with E-state index in [0.717, 1.165) is 71.3 Å². The van der Waals surface area contributed by atoms with Crippen molar-refractivity contribution in [2.75, 3.05) is 49.7 Å². The third-order valence-corrected chi connectivity index (χ3v) is 7.07. The molecule has 8 nitrogen and oxygen atoms in total. The van der Waals surface area contributed by atoms with Gasteiger partial charge in [-0.1, -0.05) is 17.7 Å². The van der Waals surface area contributed by atoms with E-state index in [9.17, 15) is 5.11 Å². The van der Waals surface area contributed by atoms with E-state index in [4.69, 9.17) is 21.1 Å². The van der Waals surface area contributed by atoms with Crippen LogP contribution in [0.15, 0.2) is 42.5 Å². The largest absolute Gasteiger partial charge is 0.508 e. The lowest BCUT2D eigenvalue weighted by atomic mass is 10.1. The van der Waals surface area contributed by atoms with Crippen molar-refractivity contribution in [1.82, 2.24) is 14.8 Å². The van der Waals surface area contributed by atoms with Crippen molar-refractivity contribution in [2.45, 2.75) is 20.8 Å². The molecule has 2 aromatic carbocycles. The first-order valence-corrected chi connectivity index (χ1v) is 12.4. The number of hydrogen-bond donors (Lipinski definition) is 1. The molecule has 0 spiro atoms. The molecule has 0 atom stereocenters. The second-order valence-electron chi connectivity index (χ2n) is 8.83. The molecule has 188 valence electrons. The summed E-state index contributed by atoms with van der Waals surface area (Å²) in [6.07, 6.45) is 0. The maximum atomic E-state index is 9.86. The monoisotopic (exact) mass is 507 g/mol. The number of nitrogens with zero attached hydrogens (tertiary/aromatic N) is 5. The van der Waals surface area contributed by atoms with Gasteiger partial charge in [-0.25, -0.2) is 0 Å². The fraction of sp³-hybridized carbons (Fsp3) is 0.333. The van der Waals surface area contributed by atoms with Gasteiger partial charge >= 0.3 is 0 Å². The number of aromatic hydroxyl groups is 1. The molecule has 0 bridgehead atoms. The lowest BCUT2D eigenvalue weighted by Crippen LogP contribution is -2.47. The first-order valence-electron chi connectivity index (χ1n) is 12.1. The van der Waals surface area contributed by atoms with Crippen LogP contribution in [0.25, 0.3) is 16.5 Å². The summed E-state index contributed by atoms with van der Waals surface area (Å²) in [7, 11) is 1.65. The summed E-state index contributed by atoms with van der Waals surface area (Å²) in [5.41, 5.74) is 3.60. The first-order chi connectivity index (χ1) is 17.4. The van der Waals surface area contributed by atoms with Crippen LogP contribution < -0.4 is 19.3 Å². The SMILES string of the molecule is CCOc1ccc(-n2c(C)c3c(N4CCN(c5cccc(O)c5)CC4)nnc(C)c3c2Cl)c(OC)c1. The fourth-order valence-corrected chi connectivity index (χ4v) is 5.40. The van der Waals surface area contributed by atoms with E-state index in [1.165, 1.54) is 0 Å². The van der Waals surface area contributed by atoms with Gasteiger partial charge in [0.1, 0.15) is 22.4 Å². The number of aryl methyl sites for hydroxylation is 2. The third-order valence-electron chi connectivity index (χ3n) is 6.71. The zero-order chi connectivity index (χ0) is 25.4. The smallest absolute Gasteiger partial charge is 0.161 e. The highest BCUT2D eigenvalue weighted by atomic mass is 35.5. The normalized spacial score (nSPS) is 13.9. The Morgan fingerprint density at radius 1 is 0.972 bits per heavy atom. The summed E-state index contributed by atoms with van der Waals surface area (Å²) in [6.45, 7) is 9.68. The average Bonchev–Trinajstić information content (AvgIpc) is 3.15. The number of hydrogen-bond acceptors (Lipinski definition) is 7. The Morgan fingerprint density at radius 2 is 1.72 bits per heavy atom. The Morgan fingerprint density at radius 3 is 2.42 bits per heavy atom. The summed E-state index contributed by atoms with van der Waals surface area (Å²) in [4.78, 5) is 4.53. The van der Waals surface area contributed by atoms with E-state index < -0.39 is 0 Å². The minimum Gasteiger partial charge on any atom is -0.508 e. The van der Waals surface area contributed by atoms with Gasteiger partial charge in [0, 0.05) is 55.1 Å². The van der Waals surface area contributed by atoms with E-state index in [2.05, 4.69) is 26.9 Å². The molecule has 0 aliphatic carbocycles. The van der Waals surface area contributed by atoms with Crippen molar-refractivity contribution in [3.63, 3.8) is 0 Å². The zero-order valence-corrected chi connectivity index (χ0v) is 21.7.